The normalized spacial score (nSPS) is 26.0. The molecule has 2 saturated heterocycles. The fourth-order valence-electron chi connectivity index (χ4n) is 3.51. The highest BCUT2D eigenvalue weighted by molar-refractivity contribution is 5.20. The monoisotopic (exact) mass is 290 g/mol. The van der Waals surface area contributed by atoms with Crippen molar-refractivity contribution in [1.29, 1.82) is 0 Å². The lowest BCUT2D eigenvalue weighted by Gasteiger charge is -2.32. The Bertz CT molecular complexity index is 420. The molecule has 0 aliphatic carbocycles. The van der Waals surface area contributed by atoms with Gasteiger partial charge in [-0.1, -0.05) is 30.3 Å². The van der Waals surface area contributed by atoms with Crippen LogP contribution in [0.2, 0.25) is 0 Å². The Kier molecular flexibility index (Phi) is 5.25. The third kappa shape index (κ3) is 4.04. The molecule has 0 spiro atoms. The van der Waals surface area contributed by atoms with E-state index in [-0.39, 0.29) is 6.10 Å². The van der Waals surface area contributed by atoms with Gasteiger partial charge in [-0.3, -0.25) is 9.80 Å². The zero-order valence-electron chi connectivity index (χ0n) is 12.7. The molecule has 1 aromatic carbocycles. The minimum absolute atomic E-state index is 0.271. The number of rotatable bonds is 5. The summed E-state index contributed by atoms with van der Waals surface area (Å²) < 4.78 is 5.36. The van der Waals surface area contributed by atoms with Gasteiger partial charge in [0.1, 0.15) is 0 Å². The average Bonchev–Trinajstić information content (AvgIpc) is 2.97. The van der Waals surface area contributed by atoms with Crippen LogP contribution in [0.25, 0.3) is 0 Å². The zero-order valence-corrected chi connectivity index (χ0v) is 12.7. The van der Waals surface area contributed by atoms with Crippen molar-refractivity contribution in [2.24, 2.45) is 0 Å². The molecule has 4 nitrogen and oxygen atoms in total. The van der Waals surface area contributed by atoms with Gasteiger partial charge in [-0.2, -0.15) is 0 Å². The Labute approximate surface area is 127 Å². The molecule has 4 heteroatoms. The number of likely N-dealkylation sites (tertiary alicyclic amines) is 1. The minimum Gasteiger partial charge on any atom is -0.390 e. The van der Waals surface area contributed by atoms with Gasteiger partial charge in [-0.15, -0.1) is 0 Å². The number of aliphatic hydroxyl groups is 1. The van der Waals surface area contributed by atoms with E-state index in [0.717, 1.165) is 45.9 Å². The third-order valence-electron chi connectivity index (χ3n) is 4.57. The second kappa shape index (κ2) is 7.36. The van der Waals surface area contributed by atoms with Gasteiger partial charge >= 0.3 is 0 Å². The van der Waals surface area contributed by atoms with Crippen molar-refractivity contribution in [3.05, 3.63) is 35.9 Å². The Hall–Kier alpha value is -0.940. The van der Waals surface area contributed by atoms with Crippen LogP contribution in [0, 0.1) is 0 Å². The lowest BCUT2D eigenvalue weighted by molar-refractivity contribution is 0.00585. The highest BCUT2D eigenvalue weighted by atomic mass is 16.5. The SMILES string of the molecule is OC(CN1CCOCC1)CN1CCCC1c1ccccc1. The molecule has 0 amide bonds. The molecule has 0 bridgehead atoms. The van der Waals surface area contributed by atoms with E-state index >= 15 is 0 Å². The Balaban J connectivity index is 1.53. The van der Waals surface area contributed by atoms with Gasteiger partial charge in [-0.05, 0) is 24.9 Å². The predicted octanol–water partition coefficient (Wildman–Crippen LogP) is 1.52. The number of β-amino-alcohol motifs (C(OH)–C–C–N with tert-alkyl or cyclic N) is 1. The van der Waals surface area contributed by atoms with Crippen LogP contribution in [-0.4, -0.2) is 66.9 Å². The third-order valence-corrected chi connectivity index (χ3v) is 4.57. The lowest BCUT2D eigenvalue weighted by Crippen LogP contribution is -2.44. The van der Waals surface area contributed by atoms with Crippen molar-refractivity contribution in [1.82, 2.24) is 9.80 Å². The molecule has 2 fully saturated rings. The fourth-order valence-corrected chi connectivity index (χ4v) is 3.51. The first kappa shape index (κ1) is 15.0. The van der Waals surface area contributed by atoms with Gasteiger partial charge in [0.2, 0.25) is 0 Å². The summed E-state index contributed by atoms with van der Waals surface area (Å²) in [4.78, 5) is 4.75. The number of ether oxygens (including phenoxy) is 1. The summed E-state index contributed by atoms with van der Waals surface area (Å²) in [5.41, 5.74) is 1.38. The summed E-state index contributed by atoms with van der Waals surface area (Å²) in [6.45, 7) is 6.11. The topological polar surface area (TPSA) is 35.9 Å². The van der Waals surface area contributed by atoms with Gasteiger partial charge in [0.25, 0.3) is 0 Å². The van der Waals surface area contributed by atoms with Gasteiger partial charge in [0.15, 0.2) is 0 Å². The molecule has 0 radical (unpaired) electrons. The van der Waals surface area contributed by atoms with E-state index in [0.29, 0.717) is 6.04 Å². The maximum atomic E-state index is 10.4. The molecule has 1 N–H and O–H groups in total. The van der Waals surface area contributed by atoms with E-state index in [1.54, 1.807) is 0 Å². The number of morpholine rings is 1. The summed E-state index contributed by atoms with van der Waals surface area (Å²) in [5.74, 6) is 0. The molecule has 2 unspecified atom stereocenters. The molecule has 2 heterocycles. The second-order valence-electron chi connectivity index (χ2n) is 6.13. The highest BCUT2D eigenvalue weighted by Crippen LogP contribution is 2.31. The first-order valence-electron chi connectivity index (χ1n) is 8.10. The molecule has 1 aromatic rings. The first-order valence-corrected chi connectivity index (χ1v) is 8.10. The van der Waals surface area contributed by atoms with E-state index in [1.807, 2.05) is 0 Å². The maximum absolute atomic E-state index is 10.4. The Morgan fingerprint density at radius 1 is 1.10 bits per heavy atom. The molecular formula is C17H26N2O2. The van der Waals surface area contributed by atoms with E-state index in [1.165, 1.54) is 18.4 Å². The molecule has 3 rings (SSSR count). The lowest BCUT2D eigenvalue weighted by atomic mass is 10.0. The van der Waals surface area contributed by atoms with Crippen molar-refractivity contribution in [2.75, 3.05) is 45.9 Å². The highest BCUT2D eigenvalue weighted by Gasteiger charge is 2.28. The number of hydrogen-bond donors (Lipinski definition) is 1. The minimum atomic E-state index is -0.271. The molecule has 2 atom stereocenters. The fraction of sp³-hybridized carbons (Fsp3) is 0.647. The average molecular weight is 290 g/mol. The standard InChI is InChI=1S/C17H26N2O2/c20-16(13-18-9-11-21-12-10-18)14-19-8-4-7-17(19)15-5-2-1-3-6-15/h1-3,5-6,16-17,20H,4,7-14H2. The Morgan fingerprint density at radius 3 is 2.62 bits per heavy atom. The van der Waals surface area contributed by atoms with Crippen molar-refractivity contribution in [2.45, 2.75) is 25.0 Å². The second-order valence-corrected chi connectivity index (χ2v) is 6.13. The quantitative estimate of drug-likeness (QED) is 0.892. The van der Waals surface area contributed by atoms with Crippen LogP contribution in [0.1, 0.15) is 24.4 Å². The van der Waals surface area contributed by atoms with Gasteiger partial charge < -0.3 is 9.84 Å². The van der Waals surface area contributed by atoms with E-state index in [4.69, 9.17) is 4.74 Å². The first-order chi connectivity index (χ1) is 10.3. The van der Waals surface area contributed by atoms with E-state index in [2.05, 4.69) is 40.1 Å². The predicted molar refractivity (Wildman–Crippen MR) is 83.3 cm³/mol. The summed E-state index contributed by atoms with van der Waals surface area (Å²) >= 11 is 0. The van der Waals surface area contributed by atoms with Crippen LogP contribution in [0.3, 0.4) is 0 Å². The van der Waals surface area contributed by atoms with Gasteiger partial charge in [0, 0.05) is 32.2 Å². The number of benzene rings is 1. The van der Waals surface area contributed by atoms with Crippen molar-refractivity contribution in [3.63, 3.8) is 0 Å². The van der Waals surface area contributed by atoms with Crippen molar-refractivity contribution < 1.29 is 9.84 Å². The summed E-state index contributed by atoms with van der Waals surface area (Å²) in [6.07, 6.45) is 2.16. The molecule has 21 heavy (non-hydrogen) atoms. The largest absolute Gasteiger partial charge is 0.390 e. The van der Waals surface area contributed by atoms with Gasteiger partial charge in [0.05, 0.1) is 19.3 Å². The summed E-state index contributed by atoms with van der Waals surface area (Å²) in [7, 11) is 0. The number of hydrogen-bond acceptors (Lipinski definition) is 4. The zero-order chi connectivity index (χ0) is 14.5. The van der Waals surface area contributed by atoms with Crippen molar-refractivity contribution >= 4 is 0 Å². The van der Waals surface area contributed by atoms with Crippen LogP contribution >= 0.6 is 0 Å². The van der Waals surface area contributed by atoms with Crippen LogP contribution in [0.15, 0.2) is 30.3 Å². The molecule has 0 saturated carbocycles. The summed E-state index contributed by atoms with van der Waals surface area (Å²) in [5, 5.41) is 10.4. The number of aliphatic hydroxyl groups excluding tert-OH is 1. The maximum Gasteiger partial charge on any atom is 0.0794 e. The van der Waals surface area contributed by atoms with Crippen LogP contribution in [-0.2, 0) is 4.74 Å². The summed E-state index contributed by atoms with van der Waals surface area (Å²) in [6, 6.07) is 11.2. The molecule has 2 aliphatic rings. The molecule has 116 valence electrons. The van der Waals surface area contributed by atoms with Gasteiger partial charge in [-0.25, -0.2) is 0 Å². The molecule has 2 aliphatic heterocycles. The van der Waals surface area contributed by atoms with Crippen LogP contribution < -0.4 is 0 Å². The number of nitrogens with zero attached hydrogens (tertiary/aromatic N) is 2. The van der Waals surface area contributed by atoms with E-state index < -0.39 is 0 Å². The Morgan fingerprint density at radius 2 is 1.86 bits per heavy atom. The van der Waals surface area contributed by atoms with Crippen molar-refractivity contribution in [3.8, 4) is 0 Å². The van der Waals surface area contributed by atoms with E-state index in [9.17, 15) is 5.11 Å². The molecular weight excluding hydrogens is 264 g/mol. The van der Waals surface area contributed by atoms with Crippen LogP contribution in [0.4, 0.5) is 0 Å². The molecule has 0 aromatic heterocycles. The smallest absolute Gasteiger partial charge is 0.0794 e. The van der Waals surface area contributed by atoms with Crippen LogP contribution in [0.5, 0.6) is 0 Å².